The number of benzene rings is 1. The van der Waals surface area contributed by atoms with E-state index in [0.717, 1.165) is 0 Å². The first kappa shape index (κ1) is 14.7. The predicted octanol–water partition coefficient (Wildman–Crippen LogP) is 1.55. The molecular formula is C14H21NO3. The molecular weight excluding hydrogens is 230 g/mol. The van der Waals surface area contributed by atoms with E-state index in [2.05, 4.69) is 19.2 Å². The van der Waals surface area contributed by atoms with Crippen molar-refractivity contribution in [3.63, 3.8) is 0 Å². The van der Waals surface area contributed by atoms with Crippen molar-refractivity contribution in [3.05, 3.63) is 35.4 Å². The minimum atomic E-state index is -0.368. The van der Waals surface area contributed by atoms with Gasteiger partial charge in [0.15, 0.2) is 0 Å². The van der Waals surface area contributed by atoms with Crippen LogP contribution in [-0.4, -0.2) is 37.4 Å². The highest BCUT2D eigenvalue weighted by Gasteiger charge is 2.12. The highest BCUT2D eigenvalue weighted by molar-refractivity contribution is 5.94. The van der Waals surface area contributed by atoms with Crippen LogP contribution >= 0.6 is 0 Å². The second-order valence-corrected chi connectivity index (χ2v) is 4.59. The maximum absolute atomic E-state index is 11.9. The van der Waals surface area contributed by atoms with Crippen LogP contribution in [0.1, 0.15) is 35.7 Å². The summed E-state index contributed by atoms with van der Waals surface area (Å²) in [5.74, 6) is 0.252. The molecule has 1 amide bonds. The Labute approximate surface area is 108 Å². The van der Waals surface area contributed by atoms with Gasteiger partial charge >= 0.3 is 0 Å². The minimum absolute atomic E-state index is 0.135. The molecule has 18 heavy (non-hydrogen) atoms. The first-order chi connectivity index (χ1) is 8.58. The molecule has 0 fully saturated rings. The van der Waals surface area contributed by atoms with E-state index in [1.54, 1.807) is 12.1 Å². The van der Waals surface area contributed by atoms with Crippen LogP contribution in [0.5, 0.6) is 0 Å². The van der Waals surface area contributed by atoms with E-state index in [9.17, 15) is 4.79 Å². The van der Waals surface area contributed by atoms with Crippen LogP contribution in [0.15, 0.2) is 24.3 Å². The molecule has 0 radical (unpaired) electrons. The lowest BCUT2D eigenvalue weighted by molar-refractivity contribution is 0.0839. The van der Waals surface area contributed by atoms with Gasteiger partial charge in [0.05, 0.1) is 19.3 Å². The average molecular weight is 251 g/mol. The van der Waals surface area contributed by atoms with Crippen molar-refractivity contribution in [2.45, 2.75) is 25.8 Å². The Morgan fingerprint density at radius 1 is 1.33 bits per heavy atom. The molecule has 0 spiro atoms. The summed E-state index contributed by atoms with van der Waals surface area (Å²) in [5.41, 5.74) is 1.79. The van der Waals surface area contributed by atoms with E-state index >= 15 is 0 Å². The lowest BCUT2D eigenvalue weighted by Gasteiger charge is -2.15. The minimum Gasteiger partial charge on any atom is -0.394 e. The predicted molar refractivity (Wildman–Crippen MR) is 70.7 cm³/mol. The van der Waals surface area contributed by atoms with Gasteiger partial charge in [-0.2, -0.15) is 0 Å². The number of hydrogen-bond acceptors (Lipinski definition) is 3. The van der Waals surface area contributed by atoms with E-state index < -0.39 is 0 Å². The monoisotopic (exact) mass is 251 g/mol. The fraction of sp³-hybridized carbons (Fsp3) is 0.500. The number of carbonyl (C=O) groups excluding carboxylic acids is 1. The van der Waals surface area contributed by atoms with Crippen molar-refractivity contribution in [3.8, 4) is 0 Å². The van der Waals surface area contributed by atoms with Crippen LogP contribution in [-0.2, 0) is 4.74 Å². The fourth-order valence-electron chi connectivity index (χ4n) is 1.63. The number of amides is 1. The lowest BCUT2D eigenvalue weighted by atomic mass is 10.0. The largest absolute Gasteiger partial charge is 0.394 e. The summed E-state index contributed by atoms with van der Waals surface area (Å²) < 4.78 is 4.91. The Morgan fingerprint density at radius 3 is 2.39 bits per heavy atom. The van der Waals surface area contributed by atoms with Crippen LogP contribution in [0.25, 0.3) is 0 Å². The molecule has 0 aliphatic rings. The zero-order valence-corrected chi connectivity index (χ0v) is 11.1. The summed E-state index contributed by atoms with van der Waals surface area (Å²) in [6, 6.07) is 7.12. The first-order valence-electron chi connectivity index (χ1n) is 6.09. The standard InChI is InChI=1S/C14H21NO3/c1-10(2)11-4-6-12(7-5-11)14(17)15-13(8-16)9-18-3/h4-7,10,13,16H,8-9H2,1-3H3,(H,15,17). The molecule has 100 valence electrons. The number of nitrogens with one attached hydrogen (secondary N) is 1. The second-order valence-electron chi connectivity index (χ2n) is 4.59. The Kier molecular flexibility index (Phi) is 5.82. The van der Waals surface area contributed by atoms with Crippen molar-refractivity contribution in [1.82, 2.24) is 5.32 Å². The summed E-state index contributed by atoms with van der Waals surface area (Å²) in [6.07, 6.45) is 0. The molecule has 0 aromatic heterocycles. The third-order valence-electron chi connectivity index (χ3n) is 2.76. The van der Waals surface area contributed by atoms with Crippen molar-refractivity contribution in [2.24, 2.45) is 0 Å². The smallest absolute Gasteiger partial charge is 0.251 e. The van der Waals surface area contributed by atoms with E-state index in [4.69, 9.17) is 9.84 Å². The lowest BCUT2D eigenvalue weighted by Crippen LogP contribution is -2.40. The normalized spacial score (nSPS) is 12.5. The van der Waals surface area contributed by atoms with Gasteiger partial charge in [0.1, 0.15) is 0 Å². The maximum atomic E-state index is 11.9. The molecule has 0 saturated carbocycles. The van der Waals surface area contributed by atoms with E-state index in [1.165, 1.54) is 12.7 Å². The van der Waals surface area contributed by atoms with Gasteiger partial charge in [-0.05, 0) is 23.6 Å². The van der Waals surface area contributed by atoms with Crippen LogP contribution < -0.4 is 5.32 Å². The molecule has 0 aliphatic heterocycles. The molecule has 0 aliphatic carbocycles. The van der Waals surface area contributed by atoms with Crippen molar-refractivity contribution >= 4 is 5.91 Å². The van der Waals surface area contributed by atoms with E-state index in [1.807, 2.05) is 12.1 Å². The van der Waals surface area contributed by atoms with Gasteiger partial charge in [-0.15, -0.1) is 0 Å². The summed E-state index contributed by atoms with van der Waals surface area (Å²) in [7, 11) is 1.53. The van der Waals surface area contributed by atoms with E-state index in [-0.39, 0.29) is 18.6 Å². The van der Waals surface area contributed by atoms with Crippen molar-refractivity contribution in [2.75, 3.05) is 20.3 Å². The van der Waals surface area contributed by atoms with Gasteiger partial charge in [-0.3, -0.25) is 4.79 Å². The van der Waals surface area contributed by atoms with Crippen LogP contribution in [0, 0.1) is 0 Å². The molecule has 0 heterocycles. The number of rotatable bonds is 6. The third-order valence-corrected chi connectivity index (χ3v) is 2.76. The first-order valence-corrected chi connectivity index (χ1v) is 6.09. The average Bonchev–Trinajstić information content (AvgIpc) is 2.38. The summed E-state index contributed by atoms with van der Waals surface area (Å²) in [5, 5.41) is 11.8. The maximum Gasteiger partial charge on any atom is 0.251 e. The third kappa shape index (κ3) is 4.13. The Balaban J connectivity index is 2.66. The number of ether oxygens (including phenoxy) is 1. The summed E-state index contributed by atoms with van der Waals surface area (Å²) in [4.78, 5) is 11.9. The van der Waals surface area contributed by atoms with Gasteiger partial charge in [-0.25, -0.2) is 0 Å². The van der Waals surface area contributed by atoms with Crippen LogP contribution in [0.2, 0.25) is 0 Å². The van der Waals surface area contributed by atoms with Crippen LogP contribution in [0.3, 0.4) is 0 Å². The van der Waals surface area contributed by atoms with Gasteiger partial charge in [-0.1, -0.05) is 26.0 Å². The van der Waals surface area contributed by atoms with Gasteiger partial charge in [0.2, 0.25) is 0 Å². The molecule has 4 heteroatoms. The fourth-order valence-corrected chi connectivity index (χ4v) is 1.63. The molecule has 1 rings (SSSR count). The Bertz CT molecular complexity index is 373. The van der Waals surface area contributed by atoms with Gasteiger partial charge < -0.3 is 15.2 Å². The van der Waals surface area contributed by atoms with Crippen molar-refractivity contribution in [1.29, 1.82) is 0 Å². The molecule has 1 aromatic rings. The van der Waals surface area contributed by atoms with Crippen molar-refractivity contribution < 1.29 is 14.6 Å². The number of hydrogen-bond donors (Lipinski definition) is 2. The molecule has 1 atom stereocenters. The molecule has 1 unspecified atom stereocenters. The number of aliphatic hydroxyl groups is 1. The number of aliphatic hydroxyl groups excluding tert-OH is 1. The Morgan fingerprint density at radius 2 is 1.94 bits per heavy atom. The molecule has 4 nitrogen and oxygen atoms in total. The zero-order chi connectivity index (χ0) is 13.5. The number of carbonyl (C=O) groups is 1. The van der Waals surface area contributed by atoms with E-state index in [0.29, 0.717) is 18.1 Å². The van der Waals surface area contributed by atoms with Crippen LogP contribution in [0.4, 0.5) is 0 Å². The quantitative estimate of drug-likeness (QED) is 0.806. The number of methoxy groups -OCH3 is 1. The van der Waals surface area contributed by atoms with Gasteiger partial charge in [0, 0.05) is 12.7 Å². The van der Waals surface area contributed by atoms with Gasteiger partial charge in [0.25, 0.3) is 5.91 Å². The molecule has 1 aromatic carbocycles. The second kappa shape index (κ2) is 7.13. The zero-order valence-electron chi connectivity index (χ0n) is 11.1. The SMILES string of the molecule is COCC(CO)NC(=O)c1ccc(C(C)C)cc1. The topological polar surface area (TPSA) is 58.6 Å². The Hall–Kier alpha value is -1.39. The summed E-state index contributed by atoms with van der Waals surface area (Å²) >= 11 is 0. The summed E-state index contributed by atoms with van der Waals surface area (Å²) in [6.45, 7) is 4.38. The highest BCUT2D eigenvalue weighted by atomic mass is 16.5. The molecule has 0 bridgehead atoms. The molecule has 2 N–H and O–H groups in total. The molecule has 0 saturated heterocycles. The highest BCUT2D eigenvalue weighted by Crippen LogP contribution is 2.14.